The smallest absolute Gasteiger partial charge is 0.191 e. The maximum Gasteiger partial charge on any atom is 0.191 e. The van der Waals surface area contributed by atoms with Crippen molar-refractivity contribution in [3.05, 3.63) is 17.0 Å². The number of unbranched alkanes of at least 4 members (excludes halogenated alkanes) is 1. The molecular weight excluding hydrogens is 352 g/mol. The molecule has 0 bridgehead atoms. The molecule has 1 aromatic rings. The molecule has 0 spiro atoms. The first-order valence-corrected chi connectivity index (χ1v) is 11.1. The van der Waals surface area contributed by atoms with Crippen LogP contribution in [0.1, 0.15) is 57.6 Å². The second kappa shape index (κ2) is 12.8. The summed E-state index contributed by atoms with van der Waals surface area (Å²) in [6.07, 6.45) is 4.12. The first-order valence-electron chi connectivity index (χ1n) is 11.1. The van der Waals surface area contributed by atoms with Gasteiger partial charge in [-0.05, 0) is 39.3 Å². The number of nitrogens with zero attached hydrogens (tertiary/aromatic N) is 4. The van der Waals surface area contributed by atoms with E-state index < -0.39 is 0 Å². The predicted octanol–water partition coefficient (Wildman–Crippen LogP) is 2.27. The second-order valence-electron chi connectivity index (χ2n) is 7.34. The van der Waals surface area contributed by atoms with E-state index in [1.807, 2.05) is 0 Å². The molecule has 2 N–H and O–H groups in total. The molecule has 0 unspecified atom stereocenters. The fourth-order valence-electron chi connectivity index (χ4n) is 3.61. The third-order valence-electron chi connectivity index (χ3n) is 5.45. The molecular formula is C21H40N6O. The summed E-state index contributed by atoms with van der Waals surface area (Å²) in [5.74, 6) is 1.84. The molecule has 1 aromatic heterocycles. The standard InChI is InChI=1S/C21H40N6O/c1-5-19-18(20(6-2)28-25-19)17-24-21(22-7-3)23-11-9-10-12-27-15-13-26(8-4)14-16-27/h5-17H2,1-4H3,(H2,22,23,24). The van der Waals surface area contributed by atoms with Gasteiger partial charge in [-0.3, -0.25) is 0 Å². The van der Waals surface area contributed by atoms with Crippen molar-refractivity contribution in [2.24, 2.45) is 4.99 Å². The van der Waals surface area contributed by atoms with Gasteiger partial charge in [-0.2, -0.15) is 0 Å². The zero-order chi connectivity index (χ0) is 20.2. The first-order chi connectivity index (χ1) is 13.7. The van der Waals surface area contributed by atoms with Gasteiger partial charge in [-0.15, -0.1) is 0 Å². The molecule has 1 fully saturated rings. The highest BCUT2D eigenvalue weighted by Gasteiger charge is 2.15. The van der Waals surface area contributed by atoms with Gasteiger partial charge >= 0.3 is 0 Å². The number of hydrogen-bond acceptors (Lipinski definition) is 5. The van der Waals surface area contributed by atoms with Gasteiger partial charge in [0.15, 0.2) is 5.96 Å². The summed E-state index contributed by atoms with van der Waals surface area (Å²) >= 11 is 0. The summed E-state index contributed by atoms with van der Waals surface area (Å²) in [5, 5.41) is 11.0. The van der Waals surface area contributed by atoms with E-state index in [1.54, 1.807) is 0 Å². The monoisotopic (exact) mass is 392 g/mol. The van der Waals surface area contributed by atoms with Crippen LogP contribution in [0, 0.1) is 0 Å². The Labute approximate surface area is 170 Å². The van der Waals surface area contributed by atoms with E-state index in [0.29, 0.717) is 6.54 Å². The zero-order valence-corrected chi connectivity index (χ0v) is 18.4. The molecule has 2 rings (SSSR count). The minimum Gasteiger partial charge on any atom is -0.361 e. The number of aromatic nitrogens is 1. The second-order valence-corrected chi connectivity index (χ2v) is 7.34. The Kier molecular flexibility index (Phi) is 10.4. The van der Waals surface area contributed by atoms with Gasteiger partial charge in [0.05, 0.1) is 12.2 Å². The van der Waals surface area contributed by atoms with Crippen LogP contribution in [0.4, 0.5) is 0 Å². The summed E-state index contributed by atoms with van der Waals surface area (Å²) in [7, 11) is 0. The summed E-state index contributed by atoms with van der Waals surface area (Å²) in [6.45, 7) is 18.2. The lowest BCUT2D eigenvalue weighted by Gasteiger charge is -2.34. The van der Waals surface area contributed by atoms with Crippen LogP contribution in [0.3, 0.4) is 0 Å². The molecule has 1 saturated heterocycles. The number of rotatable bonds is 11. The molecule has 28 heavy (non-hydrogen) atoms. The SMILES string of the molecule is CCNC(=NCc1c(CC)noc1CC)NCCCCN1CCN(CC)CC1. The molecule has 7 nitrogen and oxygen atoms in total. The minimum absolute atomic E-state index is 0.618. The Hall–Kier alpha value is -1.60. The number of piperazine rings is 1. The molecule has 1 aliphatic heterocycles. The van der Waals surface area contributed by atoms with Gasteiger partial charge in [0, 0.05) is 51.3 Å². The largest absolute Gasteiger partial charge is 0.361 e. The topological polar surface area (TPSA) is 68.9 Å². The van der Waals surface area contributed by atoms with E-state index in [0.717, 1.165) is 55.3 Å². The van der Waals surface area contributed by atoms with Crippen LogP contribution in [0.2, 0.25) is 0 Å². The molecule has 0 aliphatic carbocycles. The van der Waals surface area contributed by atoms with Gasteiger partial charge in [0.25, 0.3) is 0 Å². The molecule has 7 heteroatoms. The Morgan fingerprint density at radius 3 is 2.39 bits per heavy atom. The third-order valence-corrected chi connectivity index (χ3v) is 5.45. The van der Waals surface area contributed by atoms with Crippen LogP contribution < -0.4 is 10.6 Å². The molecule has 0 aromatic carbocycles. The van der Waals surface area contributed by atoms with Crippen molar-refractivity contribution in [2.45, 2.75) is 59.9 Å². The number of aliphatic imine (C=N–C) groups is 1. The number of hydrogen-bond donors (Lipinski definition) is 2. The first kappa shape index (κ1) is 22.7. The number of guanidine groups is 1. The van der Waals surface area contributed by atoms with Gasteiger partial charge in [-0.1, -0.05) is 25.9 Å². The highest BCUT2D eigenvalue weighted by molar-refractivity contribution is 5.79. The van der Waals surface area contributed by atoms with Crippen LogP contribution >= 0.6 is 0 Å². The van der Waals surface area contributed by atoms with E-state index in [4.69, 9.17) is 9.52 Å². The molecule has 0 amide bonds. The van der Waals surface area contributed by atoms with Crippen molar-refractivity contribution in [3.63, 3.8) is 0 Å². The van der Waals surface area contributed by atoms with Crippen LogP contribution in [0.25, 0.3) is 0 Å². The Bertz CT molecular complexity index is 556. The van der Waals surface area contributed by atoms with Crippen molar-refractivity contribution in [1.29, 1.82) is 0 Å². The summed E-state index contributed by atoms with van der Waals surface area (Å²) in [5.41, 5.74) is 2.17. The van der Waals surface area contributed by atoms with Gasteiger partial charge in [-0.25, -0.2) is 4.99 Å². The van der Waals surface area contributed by atoms with Gasteiger partial charge in [0.2, 0.25) is 0 Å². The van der Waals surface area contributed by atoms with Crippen molar-refractivity contribution >= 4 is 5.96 Å². The number of nitrogens with one attached hydrogen (secondary N) is 2. The van der Waals surface area contributed by atoms with E-state index in [1.165, 1.54) is 45.7 Å². The lowest BCUT2D eigenvalue weighted by atomic mass is 10.1. The minimum atomic E-state index is 0.618. The molecule has 0 saturated carbocycles. The number of likely N-dealkylation sites (N-methyl/N-ethyl adjacent to an activating group) is 1. The van der Waals surface area contributed by atoms with Gasteiger partial charge in [0.1, 0.15) is 5.76 Å². The fraction of sp³-hybridized carbons (Fsp3) is 0.810. The van der Waals surface area contributed by atoms with Crippen molar-refractivity contribution in [3.8, 4) is 0 Å². The van der Waals surface area contributed by atoms with E-state index in [-0.39, 0.29) is 0 Å². The lowest BCUT2D eigenvalue weighted by Crippen LogP contribution is -2.46. The van der Waals surface area contributed by atoms with E-state index in [9.17, 15) is 0 Å². The summed E-state index contributed by atoms with van der Waals surface area (Å²) in [6, 6.07) is 0. The predicted molar refractivity (Wildman–Crippen MR) is 116 cm³/mol. The van der Waals surface area contributed by atoms with Crippen molar-refractivity contribution in [1.82, 2.24) is 25.6 Å². The normalized spacial score (nSPS) is 16.5. The lowest BCUT2D eigenvalue weighted by molar-refractivity contribution is 0.136. The third kappa shape index (κ3) is 7.09. The molecule has 2 heterocycles. The van der Waals surface area contributed by atoms with Crippen LogP contribution in [0.15, 0.2) is 9.52 Å². The maximum absolute atomic E-state index is 5.44. The Morgan fingerprint density at radius 2 is 1.75 bits per heavy atom. The molecule has 0 radical (unpaired) electrons. The van der Waals surface area contributed by atoms with Crippen LogP contribution in [-0.2, 0) is 19.4 Å². The summed E-state index contributed by atoms with van der Waals surface area (Å²) in [4.78, 5) is 9.88. The highest BCUT2D eigenvalue weighted by atomic mass is 16.5. The fourth-order valence-corrected chi connectivity index (χ4v) is 3.61. The van der Waals surface area contributed by atoms with Crippen LogP contribution in [-0.4, -0.2) is 73.3 Å². The number of aryl methyl sites for hydroxylation is 2. The van der Waals surface area contributed by atoms with E-state index >= 15 is 0 Å². The van der Waals surface area contributed by atoms with E-state index in [2.05, 4.69) is 53.3 Å². The Balaban J connectivity index is 1.72. The quantitative estimate of drug-likeness (QED) is 0.342. The Morgan fingerprint density at radius 1 is 1.00 bits per heavy atom. The van der Waals surface area contributed by atoms with Crippen molar-refractivity contribution in [2.75, 3.05) is 52.4 Å². The average molecular weight is 393 g/mol. The zero-order valence-electron chi connectivity index (χ0n) is 18.4. The average Bonchev–Trinajstić information content (AvgIpc) is 3.14. The molecule has 0 atom stereocenters. The van der Waals surface area contributed by atoms with Crippen LogP contribution in [0.5, 0.6) is 0 Å². The summed E-state index contributed by atoms with van der Waals surface area (Å²) < 4.78 is 5.44. The molecule has 1 aliphatic rings. The highest BCUT2D eigenvalue weighted by Crippen LogP contribution is 2.16. The van der Waals surface area contributed by atoms with Crippen molar-refractivity contribution < 1.29 is 4.52 Å². The van der Waals surface area contributed by atoms with Gasteiger partial charge < -0.3 is 25.0 Å². The maximum atomic E-state index is 5.44. The molecule has 160 valence electrons.